The molecule has 2 aromatic heterocycles. The molecule has 0 aliphatic rings. The molecule has 0 amide bonds. The van der Waals surface area contributed by atoms with E-state index in [0.29, 0.717) is 10.8 Å². The summed E-state index contributed by atoms with van der Waals surface area (Å²) in [6, 6.07) is 9.08. The molecule has 70 valence electrons. The third-order valence-corrected chi connectivity index (χ3v) is 2.25. The van der Waals surface area contributed by atoms with Gasteiger partial charge in [0.05, 0.1) is 5.69 Å². The predicted molar refractivity (Wildman–Crippen MR) is 58.0 cm³/mol. The summed E-state index contributed by atoms with van der Waals surface area (Å²) < 4.78 is 0.770. The molecule has 2 heterocycles. The second-order valence-electron chi connectivity index (χ2n) is 2.59. The number of rotatable bonds is 1. The van der Waals surface area contributed by atoms with Crippen LogP contribution in [0.1, 0.15) is 0 Å². The Balaban J connectivity index is 2.44. The molecule has 0 spiro atoms. The molecule has 0 N–H and O–H groups in total. The topological polar surface area (TPSA) is 38.7 Å². The van der Waals surface area contributed by atoms with Gasteiger partial charge in [0.25, 0.3) is 0 Å². The van der Waals surface area contributed by atoms with Crippen LogP contribution in [0.15, 0.2) is 34.9 Å². The highest BCUT2D eigenvalue weighted by Gasteiger charge is 2.01. The highest BCUT2D eigenvalue weighted by Crippen LogP contribution is 2.16. The van der Waals surface area contributed by atoms with E-state index in [1.54, 1.807) is 12.1 Å². The van der Waals surface area contributed by atoms with Crippen molar-refractivity contribution in [1.29, 1.82) is 0 Å². The van der Waals surface area contributed by atoms with Crippen LogP contribution in [-0.2, 0) is 0 Å². The van der Waals surface area contributed by atoms with E-state index in [1.807, 2.05) is 18.2 Å². The summed E-state index contributed by atoms with van der Waals surface area (Å²) in [7, 11) is 0. The van der Waals surface area contributed by atoms with Crippen molar-refractivity contribution in [2.24, 2.45) is 0 Å². The zero-order valence-corrected chi connectivity index (χ0v) is 9.33. The van der Waals surface area contributed by atoms with Crippen molar-refractivity contribution in [2.45, 2.75) is 0 Å². The lowest BCUT2D eigenvalue weighted by Crippen LogP contribution is -1.89. The van der Waals surface area contributed by atoms with E-state index < -0.39 is 0 Å². The van der Waals surface area contributed by atoms with Crippen LogP contribution in [0.4, 0.5) is 0 Å². The Bertz CT molecular complexity index is 444. The van der Waals surface area contributed by atoms with Crippen LogP contribution < -0.4 is 0 Å². The fourth-order valence-corrected chi connectivity index (χ4v) is 1.45. The maximum atomic E-state index is 5.63. The molecule has 0 radical (unpaired) electrons. The largest absolute Gasteiger partial charge is 0.239 e. The Labute approximate surface area is 94.3 Å². The van der Waals surface area contributed by atoms with Crippen LogP contribution in [0.5, 0.6) is 0 Å². The van der Waals surface area contributed by atoms with Crippen LogP contribution in [-0.4, -0.2) is 15.2 Å². The van der Waals surface area contributed by atoms with E-state index in [9.17, 15) is 0 Å². The summed E-state index contributed by atoms with van der Waals surface area (Å²) in [6.07, 6.45) is 0. The summed E-state index contributed by atoms with van der Waals surface area (Å²) in [5.41, 5.74) is 1.47. The smallest absolute Gasteiger partial charge is 0.151 e. The molecule has 0 saturated heterocycles. The minimum atomic E-state index is 0.378. The van der Waals surface area contributed by atoms with Gasteiger partial charge < -0.3 is 0 Å². The van der Waals surface area contributed by atoms with Crippen LogP contribution in [0, 0.1) is 0 Å². The molecule has 2 aromatic rings. The number of pyridine rings is 1. The Kier molecular flexibility index (Phi) is 2.74. The van der Waals surface area contributed by atoms with Gasteiger partial charge in [-0.05, 0) is 40.2 Å². The molecule has 0 aromatic carbocycles. The molecule has 0 atom stereocenters. The van der Waals surface area contributed by atoms with E-state index in [1.165, 1.54) is 0 Å². The summed E-state index contributed by atoms with van der Waals surface area (Å²) in [5.74, 6) is 0. The summed E-state index contributed by atoms with van der Waals surface area (Å²) in [5, 5.41) is 8.05. The van der Waals surface area contributed by atoms with Gasteiger partial charge in [-0.3, -0.25) is 0 Å². The summed E-state index contributed by atoms with van der Waals surface area (Å²) >= 11 is 8.92. The Hall–Kier alpha value is -1.00. The minimum absolute atomic E-state index is 0.378. The fraction of sp³-hybridized carbons (Fsp3) is 0. The van der Waals surface area contributed by atoms with Crippen molar-refractivity contribution in [2.75, 3.05) is 0 Å². The first-order valence-electron chi connectivity index (χ1n) is 3.88. The first kappa shape index (κ1) is 9.55. The van der Waals surface area contributed by atoms with Crippen LogP contribution in [0.2, 0.25) is 5.15 Å². The maximum Gasteiger partial charge on any atom is 0.151 e. The molecule has 0 saturated carbocycles. The third kappa shape index (κ3) is 2.08. The molecule has 3 nitrogen and oxygen atoms in total. The van der Waals surface area contributed by atoms with Gasteiger partial charge >= 0.3 is 0 Å². The zero-order chi connectivity index (χ0) is 9.97. The SMILES string of the molecule is Clc1ccc(-c2cccc(Br)n2)nn1. The summed E-state index contributed by atoms with van der Waals surface area (Å²) in [4.78, 5) is 4.24. The van der Waals surface area contributed by atoms with E-state index in [0.717, 1.165) is 10.3 Å². The number of hydrogen-bond acceptors (Lipinski definition) is 3. The quantitative estimate of drug-likeness (QED) is 0.748. The molecular weight excluding hydrogens is 265 g/mol. The van der Waals surface area contributed by atoms with Crippen LogP contribution >= 0.6 is 27.5 Å². The van der Waals surface area contributed by atoms with Crippen molar-refractivity contribution >= 4 is 27.5 Å². The Morgan fingerprint density at radius 3 is 2.50 bits per heavy atom. The van der Waals surface area contributed by atoms with Crippen molar-refractivity contribution in [3.05, 3.63) is 40.1 Å². The predicted octanol–water partition coefficient (Wildman–Crippen LogP) is 2.95. The van der Waals surface area contributed by atoms with E-state index in [2.05, 4.69) is 31.1 Å². The van der Waals surface area contributed by atoms with Crippen molar-refractivity contribution in [3.8, 4) is 11.4 Å². The Morgan fingerprint density at radius 2 is 1.86 bits per heavy atom. The molecule has 0 bridgehead atoms. The van der Waals surface area contributed by atoms with Crippen LogP contribution in [0.3, 0.4) is 0 Å². The molecule has 0 aliphatic heterocycles. The zero-order valence-electron chi connectivity index (χ0n) is 6.98. The molecule has 0 unspecified atom stereocenters. The van der Waals surface area contributed by atoms with Crippen LogP contribution in [0.25, 0.3) is 11.4 Å². The van der Waals surface area contributed by atoms with Crippen molar-refractivity contribution < 1.29 is 0 Å². The van der Waals surface area contributed by atoms with E-state index >= 15 is 0 Å². The second-order valence-corrected chi connectivity index (χ2v) is 3.79. The summed E-state index contributed by atoms with van der Waals surface area (Å²) in [6.45, 7) is 0. The lowest BCUT2D eigenvalue weighted by atomic mass is 10.2. The fourth-order valence-electron chi connectivity index (χ4n) is 1.00. The number of aromatic nitrogens is 3. The normalized spacial score (nSPS) is 10.1. The Morgan fingerprint density at radius 1 is 1.00 bits per heavy atom. The highest BCUT2D eigenvalue weighted by molar-refractivity contribution is 9.10. The number of nitrogens with zero attached hydrogens (tertiary/aromatic N) is 3. The van der Waals surface area contributed by atoms with Gasteiger partial charge in [0.15, 0.2) is 5.15 Å². The molecule has 0 fully saturated rings. The second kappa shape index (κ2) is 4.02. The van der Waals surface area contributed by atoms with E-state index in [-0.39, 0.29) is 0 Å². The van der Waals surface area contributed by atoms with Gasteiger partial charge in [-0.25, -0.2) is 4.98 Å². The van der Waals surface area contributed by atoms with Crippen molar-refractivity contribution in [1.82, 2.24) is 15.2 Å². The molecule has 5 heteroatoms. The molecule has 14 heavy (non-hydrogen) atoms. The minimum Gasteiger partial charge on any atom is -0.239 e. The maximum absolute atomic E-state index is 5.63. The average molecular weight is 271 g/mol. The first-order valence-corrected chi connectivity index (χ1v) is 5.05. The van der Waals surface area contributed by atoms with Gasteiger partial charge in [0, 0.05) is 0 Å². The lowest BCUT2D eigenvalue weighted by molar-refractivity contribution is 1.03. The third-order valence-electron chi connectivity index (χ3n) is 1.61. The van der Waals surface area contributed by atoms with Gasteiger partial charge in [0.2, 0.25) is 0 Å². The van der Waals surface area contributed by atoms with Gasteiger partial charge in [-0.15, -0.1) is 10.2 Å². The average Bonchev–Trinajstić information content (AvgIpc) is 2.19. The molecule has 0 aliphatic carbocycles. The highest BCUT2D eigenvalue weighted by atomic mass is 79.9. The standard InChI is InChI=1S/C9H5BrClN3/c10-8-3-1-2-6(12-8)7-4-5-9(11)14-13-7/h1-5H. The number of halogens is 2. The van der Waals surface area contributed by atoms with E-state index in [4.69, 9.17) is 11.6 Å². The van der Waals surface area contributed by atoms with Gasteiger partial charge in [-0.2, -0.15) is 0 Å². The lowest BCUT2D eigenvalue weighted by Gasteiger charge is -1.98. The van der Waals surface area contributed by atoms with Gasteiger partial charge in [-0.1, -0.05) is 17.7 Å². The number of hydrogen-bond donors (Lipinski definition) is 0. The molecule has 2 rings (SSSR count). The van der Waals surface area contributed by atoms with Crippen molar-refractivity contribution in [3.63, 3.8) is 0 Å². The monoisotopic (exact) mass is 269 g/mol. The van der Waals surface area contributed by atoms with Gasteiger partial charge in [0.1, 0.15) is 10.3 Å². The molecular formula is C9H5BrClN3. The first-order chi connectivity index (χ1) is 6.75.